The van der Waals surface area contributed by atoms with Crippen LogP contribution in [0.3, 0.4) is 0 Å². The molecule has 0 aliphatic heterocycles. The molecule has 3 N–H and O–H groups in total. The van der Waals surface area contributed by atoms with E-state index >= 15 is 0 Å². The van der Waals surface area contributed by atoms with Crippen LogP contribution in [-0.4, -0.2) is 13.4 Å². The van der Waals surface area contributed by atoms with Gasteiger partial charge in [-0.2, -0.15) is 0 Å². The van der Waals surface area contributed by atoms with Gasteiger partial charge in [-0.3, -0.25) is 4.72 Å². The SMILES string of the molecule is Cc1ccnc(NS(=O)(=O)c2cc(N)cc(F)c2)c1. The zero-order valence-electron chi connectivity index (χ0n) is 10.1. The number of hydrogen-bond donors (Lipinski definition) is 2. The van der Waals surface area contributed by atoms with E-state index in [4.69, 9.17) is 5.73 Å². The van der Waals surface area contributed by atoms with E-state index in [-0.39, 0.29) is 16.4 Å². The van der Waals surface area contributed by atoms with Crippen LogP contribution in [0.2, 0.25) is 0 Å². The lowest BCUT2D eigenvalue weighted by molar-refractivity contribution is 0.595. The fraction of sp³-hybridized carbons (Fsp3) is 0.0833. The second-order valence-electron chi connectivity index (χ2n) is 4.04. The minimum atomic E-state index is -3.91. The third-order valence-electron chi connectivity index (χ3n) is 2.36. The van der Waals surface area contributed by atoms with Crippen molar-refractivity contribution in [2.75, 3.05) is 10.5 Å². The van der Waals surface area contributed by atoms with Crippen molar-refractivity contribution >= 4 is 21.5 Å². The zero-order chi connectivity index (χ0) is 14.0. The summed E-state index contributed by atoms with van der Waals surface area (Å²) in [5, 5.41) is 0. The van der Waals surface area contributed by atoms with Crippen molar-refractivity contribution in [3.8, 4) is 0 Å². The number of aryl methyl sites for hydroxylation is 1. The predicted octanol–water partition coefficient (Wildman–Crippen LogP) is 1.91. The fourth-order valence-electron chi connectivity index (χ4n) is 1.53. The Hall–Kier alpha value is -2.15. The van der Waals surface area contributed by atoms with Crippen LogP contribution < -0.4 is 10.5 Å². The maximum absolute atomic E-state index is 13.2. The van der Waals surface area contributed by atoms with Gasteiger partial charge in [0.2, 0.25) is 0 Å². The van der Waals surface area contributed by atoms with Crippen LogP contribution in [0.1, 0.15) is 5.56 Å². The smallest absolute Gasteiger partial charge is 0.263 e. The van der Waals surface area contributed by atoms with Crippen LogP contribution in [-0.2, 0) is 10.0 Å². The molecule has 2 aromatic rings. The first-order valence-corrected chi connectivity index (χ1v) is 6.87. The molecule has 5 nitrogen and oxygen atoms in total. The molecule has 1 heterocycles. The van der Waals surface area contributed by atoms with Gasteiger partial charge in [0.05, 0.1) is 4.90 Å². The Morgan fingerprint density at radius 2 is 2.00 bits per heavy atom. The zero-order valence-corrected chi connectivity index (χ0v) is 10.9. The Morgan fingerprint density at radius 1 is 1.26 bits per heavy atom. The van der Waals surface area contributed by atoms with E-state index in [0.29, 0.717) is 0 Å². The van der Waals surface area contributed by atoms with Crippen molar-refractivity contribution in [3.05, 3.63) is 47.9 Å². The number of nitrogens with one attached hydrogen (secondary N) is 1. The third kappa shape index (κ3) is 3.19. The molecular weight excluding hydrogens is 269 g/mol. The van der Waals surface area contributed by atoms with Gasteiger partial charge >= 0.3 is 0 Å². The van der Waals surface area contributed by atoms with Crippen LogP contribution in [0.4, 0.5) is 15.9 Å². The molecule has 0 fully saturated rings. The van der Waals surface area contributed by atoms with Gasteiger partial charge < -0.3 is 5.73 Å². The summed E-state index contributed by atoms with van der Waals surface area (Å²) in [4.78, 5) is 3.64. The van der Waals surface area contributed by atoms with Crippen molar-refractivity contribution in [2.24, 2.45) is 0 Å². The summed E-state index contributed by atoms with van der Waals surface area (Å²) in [6.45, 7) is 1.81. The quantitative estimate of drug-likeness (QED) is 0.842. The molecule has 100 valence electrons. The van der Waals surface area contributed by atoms with Crippen molar-refractivity contribution in [1.82, 2.24) is 4.98 Å². The van der Waals surface area contributed by atoms with Gasteiger partial charge in [0.25, 0.3) is 10.0 Å². The van der Waals surface area contributed by atoms with Crippen LogP contribution in [0.25, 0.3) is 0 Å². The second kappa shape index (κ2) is 4.85. The van der Waals surface area contributed by atoms with Gasteiger partial charge in [-0.25, -0.2) is 17.8 Å². The number of nitrogens with two attached hydrogens (primary N) is 1. The number of halogens is 1. The number of anilines is 2. The van der Waals surface area contributed by atoms with Gasteiger partial charge in [-0.05, 0) is 42.8 Å². The summed E-state index contributed by atoms with van der Waals surface area (Å²) < 4.78 is 39.5. The number of pyridine rings is 1. The van der Waals surface area contributed by atoms with Crippen LogP contribution >= 0.6 is 0 Å². The molecule has 0 saturated heterocycles. The Balaban J connectivity index is 2.37. The summed E-state index contributed by atoms with van der Waals surface area (Å²) in [5.74, 6) is -0.541. The monoisotopic (exact) mass is 281 g/mol. The first-order valence-electron chi connectivity index (χ1n) is 5.38. The highest BCUT2D eigenvalue weighted by Gasteiger charge is 2.16. The summed E-state index contributed by atoms with van der Waals surface area (Å²) in [6, 6.07) is 6.43. The van der Waals surface area contributed by atoms with E-state index in [2.05, 4.69) is 9.71 Å². The van der Waals surface area contributed by atoms with Crippen molar-refractivity contribution in [1.29, 1.82) is 0 Å². The highest BCUT2D eigenvalue weighted by atomic mass is 32.2. The van der Waals surface area contributed by atoms with Crippen molar-refractivity contribution in [2.45, 2.75) is 11.8 Å². The largest absolute Gasteiger partial charge is 0.399 e. The van der Waals surface area contributed by atoms with Gasteiger partial charge in [-0.1, -0.05) is 0 Å². The molecule has 0 aliphatic rings. The minimum Gasteiger partial charge on any atom is -0.399 e. The first-order chi connectivity index (χ1) is 8.87. The standard InChI is InChI=1S/C12H12FN3O2S/c1-8-2-3-15-12(4-8)16-19(17,18)11-6-9(13)5-10(14)7-11/h2-7H,14H2,1H3,(H,15,16). The van der Waals surface area contributed by atoms with E-state index < -0.39 is 15.8 Å². The number of aromatic nitrogens is 1. The molecule has 0 bridgehead atoms. The summed E-state index contributed by atoms with van der Waals surface area (Å²) in [5.41, 5.74) is 6.32. The van der Waals surface area contributed by atoms with Crippen LogP contribution in [0, 0.1) is 12.7 Å². The number of nitrogens with zero attached hydrogens (tertiary/aromatic N) is 1. The molecule has 0 radical (unpaired) electrons. The highest BCUT2D eigenvalue weighted by molar-refractivity contribution is 7.92. The van der Waals surface area contributed by atoms with Gasteiger partial charge in [0.1, 0.15) is 11.6 Å². The lowest BCUT2D eigenvalue weighted by atomic mass is 10.3. The maximum atomic E-state index is 13.2. The number of hydrogen-bond acceptors (Lipinski definition) is 4. The van der Waals surface area contributed by atoms with Crippen molar-refractivity contribution in [3.63, 3.8) is 0 Å². The van der Waals surface area contributed by atoms with E-state index in [1.807, 2.05) is 0 Å². The van der Waals surface area contributed by atoms with Gasteiger partial charge in [0, 0.05) is 11.9 Å². The van der Waals surface area contributed by atoms with Crippen molar-refractivity contribution < 1.29 is 12.8 Å². The highest BCUT2D eigenvalue weighted by Crippen LogP contribution is 2.18. The Kier molecular flexibility index (Phi) is 3.39. The molecule has 1 aromatic carbocycles. The molecule has 0 amide bonds. The van der Waals surface area contributed by atoms with Gasteiger partial charge in [-0.15, -0.1) is 0 Å². The fourth-order valence-corrected chi connectivity index (χ4v) is 2.59. The number of nitrogen functional groups attached to an aromatic ring is 1. The number of benzene rings is 1. The summed E-state index contributed by atoms with van der Waals surface area (Å²) in [6.07, 6.45) is 1.48. The molecule has 0 atom stereocenters. The van der Waals surface area contributed by atoms with E-state index in [1.54, 1.807) is 19.1 Å². The minimum absolute atomic E-state index is 0.0394. The second-order valence-corrected chi connectivity index (χ2v) is 5.73. The lowest BCUT2D eigenvalue weighted by Crippen LogP contribution is -2.14. The molecule has 1 aromatic heterocycles. The molecule has 0 aliphatic carbocycles. The summed E-state index contributed by atoms with van der Waals surface area (Å²) in [7, 11) is -3.91. The predicted molar refractivity (Wildman–Crippen MR) is 70.6 cm³/mol. The Labute approximate surface area is 110 Å². The third-order valence-corrected chi connectivity index (χ3v) is 3.69. The molecule has 2 rings (SSSR count). The van der Waals surface area contributed by atoms with E-state index in [9.17, 15) is 12.8 Å². The summed E-state index contributed by atoms with van der Waals surface area (Å²) >= 11 is 0. The number of rotatable bonds is 3. The maximum Gasteiger partial charge on any atom is 0.263 e. The van der Waals surface area contributed by atoms with Gasteiger partial charge in [0.15, 0.2) is 0 Å². The average molecular weight is 281 g/mol. The van der Waals surface area contributed by atoms with E-state index in [0.717, 1.165) is 17.7 Å². The molecule has 0 saturated carbocycles. The Bertz CT molecular complexity index is 696. The topological polar surface area (TPSA) is 85.1 Å². The van der Waals surface area contributed by atoms with Crippen LogP contribution in [0.5, 0.6) is 0 Å². The Morgan fingerprint density at radius 3 is 2.63 bits per heavy atom. The first kappa shape index (κ1) is 13.3. The number of sulfonamides is 1. The lowest BCUT2D eigenvalue weighted by Gasteiger charge is -2.08. The molecule has 19 heavy (non-hydrogen) atoms. The molecule has 0 unspecified atom stereocenters. The normalized spacial score (nSPS) is 11.3. The molecular formula is C12H12FN3O2S. The molecule has 7 heteroatoms. The average Bonchev–Trinajstić information content (AvgIpc) is 2.26. The molecule has 0 spiro atoms. The van der Waals surface area contributed by atoms with E-state index in [1.165, 1.54) is 12.3 Å². The van der Waals surface area contributed by atoms with Crippen LogP contribution in [0.15, 0.2) is 41.4 Å².